The standard InChI is InChI=1S/C5H8O3.ClH/c1-4(6)2-3-5(7)8;/h2-3H2,1H3,(H,7,8);1H/p-1. The maximum atomic E-state index is 10.1. The SMILES string of the molecule is CC(=O)CCC(=O)[O-].Cl. The number of aliphatic carboxylic acids is 1. The van der Waals surface area contributed by atoms with Gasteiger partial charge < -0.3 is 14.7 Å². The van der Waals surface area contributed by atoms with Crippen LogP contribution in [0.1, 0.15) is 19.8 Å². The number of ketones is 1. The molecule has 9 heavy (non-hydrogen) atoms. The number of carboxylic acids is 1. The Bertz CT molecular complexity index is 96.8. The number of hydrogen-bond acceptors (Lipinski definition) is 3. The van der Waals surface area contributed by atoms with Crippen molar-refractivity contribution in [3.05, 3.63) is 0 Å². The summed E-state index contributed by atoms with van der Waals surface area (Å²) >= 11 is 0. The molecule has 0 amide bonds. The van der Waals surface area contributed by atoms with E-state index in [4.69, 9.17) is 0 Å². The number of halogens is 1. The van der Waals surface area contributed by atoms with Gasteiger partial charge in [0.15, 0.2) is 0 Å². The van der Waals surface area contributed by atoms with E-state index in [1.165, 1.54) is 6.92 Å². The summed E-state index contributed by atoms with van der Waals surface area (Å²) in [6, 6.07) is 0. The van der Waals surface area contributed by atoms with E-state index in [1.807, 2.05) is 0 Å². The van der Waals surface area contributed by atoms with Gasteiger partial charge in [-0.05, 0) is 13.3 Å². The molecule has 0 saturated carbocycles. The van der Waals surface area contributed by atoms with Crippen LogP contribution in [0.15, 0.2) is 0 Å². The highest BCUT2D eigenvalue weighted by Crippen LogP contribution is 1.85. The van der Waals surface area contributed by atoms with Gasteiger partial charge in [0.05, 0.1) is 0 Å². The van der Waals surface area contributed by atoms with E-state index in [0.717, 1.165) is 0 Å². The molecule has 0 aliphatic heterocycles. The summed E-state index contributed by atoms with van der Waals surface area (Å²) in [5.41, 5.74) is 0. The third-order valence-electron chi connectivity index (χ3n) is 0.681. The van der Waals surface area contributed by atoms with E-state index in [0.29, 0.717) is 0 Å². The van der Waals surface area contributed by atoms with Crippen molar-refractivity contribution in [2.45, 2.75) is 19.8 Å². The number of carbonyl (C=O) groups is 2. The van der Waals surface area contributed by atoms with E-state index in [-0.39, 0.29) is 31.0 Å². The molecule has 0 saturated heterocycles. The fourth-order valence-electron chi connectivity index (χ4n) is 0.278. The Hall–Kier alpha value is -0.570. The summed E-state index contributed by atoms with van der Waals surface area (Å²) in [6.07, 6.45) is -0.0718. The van der Waals surface area contributed by atoms with Gasteiger partial charge >= 0.3 is 0 Å². The van der Waals surface area contributed by atoms with Gasteiger partial charge in [-0.25, -0.2) is 0 Å². The van der Waals surface area contributed by atoms with Crippen LogP contribution in [0.4, 0.5) is 0 Å². The zero-order valence-corrected chi connectivity index (χ0v) is 5.86. The van der Waals surface area contributed by atoms with Gasteiger partial charge in [0, 0.05) is 12.4 Å². The Labute approximate surface area is 59.5 Å². The Morgan fingerprint density at radius 3 is 1.89 bits per heavy atom. The fourth-order valence-corrected chi connectivity index (χ4v) is 0.278. The lowest BCUT2D eigenvalue weighted by atomic mass is 10.2. The van der Waals surface area contributed by atoms with Gasteiger partial charge in [-0.15, -0.1) is 12.4 Å². The minimum absolute atomic E-state index is 0. The van der Waals surface area contributed by atoms with Crippen molar-refractivity contribution in [2.24, 2.45) is 0 Å². The van der Waals surface area contributed by atoms with Crippen molar-refractivity contribution < 1.29 is 14.7 Å². The van der Waals surface area contributed by atoms with Crippen LogP contribution in [0.2, 0.25) is 0 Å². The Morgan fingerprint density at radius 1 is 1.33 bits per heavy atom. The topological polar surface area (TPSA) is 57.2 Å². The molecule has 0 heterocycles. The zero-order valence-electron chi connectivity index (χ0n) is 5.05. The predicted molar refractivity (Wildman–Crippen MR) is 32.2 cm³/mol. The van der Waals surface area contributed by atoms with Crippen LogP contribution in [0.5, 0.6) is 0 Å². The van der Waals surface area contributed by atoms with Gasteiger partial charge in [0.1, 0.15) is 5.78 Å². The van der Waals surface area contributed by atoms with Crippen molar-refractivity contribution in [1.29, 1.82) is 0 Å². The van der Waals surface area contributed by atoms with Crippen LogP contribution in [0.3, 0.4) is 0 Å². The average Bonchev–Trinajstić information content (AvgIpc) is 1.61. The van der Waals surface area contributed by atoms with Crippen LogP contribution in [-0.2, 0) is 9.59 Å². The highest BCUT2D eigenvalue weighted by molar-refractivity contribution is 5.85. The first-order valence-corrected chi connectivity index (χ1v) is 2.32. The van der Waals surface area contributed by atoms with Gasteiger partial charge in [0.2, 0.25) is 0 Å². The van der Waals surface area contributed by atoms with Crippen molar-refractivity contribution >= 4 is 24.2 Å². The minimum Gasteiger partial charge on any atom is -0.550 e. The number of carboxylic acid groups (broad SMARTS) is 1. The van der Waals surface area contributed by atoms with E-state index in [2.05, 4.69) is 0 Å². The smallest absolute Gasteiger partial charge is 0.130 e. The first-order chi connectivity index (χ1) is 3.63. The fraction of sp³-hybridized carbons (Fsp3) is 0.600. The quantitative estimate of drug-likeness (QED) is 0.548. The van der Waals surface area contributed by atoms with Crippen LogP contribution < -0.4 is 5.11 Å². The van der Waals surface area contributed by atoms with Crippen molar-refractivity contribution in [1.82, 2.24) is 0 Å². The van der Waals surface area contributed by atoms with Crippen LogP contribution >= 0.6 is 12.4 Å². The monoisotopic (exact) mass is 151 g/mol. The second-order valence-corrected chi connectivity index (χ2v) is 1.57. The molecule has 4 heteroatoms. The summed E-state index contributed by atoms with van der Waals surface area (Å²) in [7, 11) is 0. The lowest BCUT2D eigenvalue weighted by Crippen LogP contribution is -2.22. The first kappa shape index (κ1) is 11.3. The first-order valence-electron chi connectivity index (χ1n) is 2.32. The minimum atomic E-state index is -1.17. The van der Waals surface area contributed by atoms with Crippen LogP contribution in [0, 0.1) is 0 Å². The summed E-state index contributed by atoms with van der Waals surface area (Å²) < 4.78 is 0. The Morgan fingerprint density at radius 2 is 1.78 bits per heavy atom. The van der Waals surface area contributed by atoms with E-state index in [1.54, 1.807) is 0 Å². The molecule has 0 aromatic rings. The zero-order chi connectivity index (χ0) is 6.57. The van der Waals surface area contributed by atoms with E-state index in [9.17, 15) is 14.7 Å². The summed E-state index contributed by atoms with van der Waals surface area (Å²) in [5, 5.41) is 9.64. The molecule has 54 valence electrons. The Balaban J connectivity index is 0. The molecule has 0 aliphatic rings. The average molecular weight is 152 g/mol. The van der Waals surface area contributed by atoms with Crippen molar-refractivity contribution in [3.8, 4) is 0 Å². The molecule has 0 aromatic heterocycles. The van der Waals surface area contributed by atoms with Crippen LogP contribution in [-0.4, -0.2) is 11.8 Å². The molecule has 0 rings (SSSR count). The van der Waals surface area contributed by atoms with Gasteiger partial charge in [-0.2, -0.15) is 0 Å². The third kappa shape index (κ3) is 11.2. The maximum Gasteiger partial charge on any atom is 0.130 e. The second kappa shape index (κ2) is 5.56. The molecule has 0 aliphatic carbocycles. The molecule has 0 aromatic carbocycles. The molecular formula is C5H8ClO3-. The highest BCUT2D eigenvalue weighted by Gasteiger charge is 1.90. The highest BCUT2D eigenvalue weighted by atomic mass is 35.5. The number of Topliss-reactive ketones (excluding diaryl/α,β-unsaturated/α-hetero) is 1. The lowest BCUT2D eigenvalue weighted by molar-refractivity contribution is -0.305. The normalized spacial score (nSPS) is 7.67. The maximum absolute atomic E-state index is 10.1. The van der Waals surface area contributed by atoms with Gasteiger partial charge in [0.25, 0.3) is 0 Å². The third-order valence-corrected chi connectivity index (χ3v) is 0.681. The molecule has 3 nitrogen and oxygen atoms in total. The van der Waals surface area contributed by atoms with Crippen LogP contribution in [0.25, 0.3) is 0 Å². The Kier molecular flexibility index (Phi) is 6.96. The molecule has 0 bridgehead atoms. The van der Waals surface area contributed by atoms with Crippen molar-refractivity contribution in [3.63, 3.8) is 0 Å². The van der Waals surface area contributed by atoms with Gasteiger partial charge in [-0.1, -0.05) is 0 Å². The van der Waals surface area contributed by atoms with E-state index < -0.39 is 5.97 Å². The van der Waals surface area contributed by atoms with E-state index >= 15 is 0 Å². The number of rotatable bonds is 3. The molecule has 0 N–H and O–H groups in total. The largest absolute Gasteiger partial charge is 0.550 e. The number of carbonyl (C=O) groups excluding carboxylic acids is 2. The second-order valence-electron chi connectivity index (χ2n) is 1.57. The van der Waals surface area contributed by atoms with Gasteiger partial charge in [-0.3, -0.25) is 0 Å². The van der Waals surface area contributed by atoms with Crippen molar-refractivity contribution in [2.75, 3.05) is 0 Å². The summed E-state index contributed by atoms with van der Waals surface area (Å²) in [5.74, 6) is -1.28. The molecule has 0 fully saturated rings. The summed E-state index contributed by atoms with van der Waals surface area (Å²) in [4.78, 5) is 19.7. The molecule has 0 unspecified atom stereocenters. The predicted octanol–water partition coefficient (Wildman–Crippen LogP) is -0.473. The molecule has 0 atom stereocenters. The molecule has 0 radical (unpaired) electrons. The summed E-state index contributed by atoms with van der Waals surface area (Å²) in [6.45, 7) is 1.35. The molecule has 0 spiro atoms. The lowest BCUT2D eigenvalue weighted by Gasteiger charge is -1.95. The molecular weight excluding hydrogens is 144 g/mol. The number of hydrogen-bond donors (Lipinski definition) is 0.